The van der Waals surface area contributed by atoms with Gasteiger partial charge in [0.15, 0.2) is 0 Å². The molecule has 0 unspecified atom stereocenters. The number of benzene rings is 7. The number of hydrogen-bond acceptors (Lipinski definition) is 1. The van der Waals surface area contributed by atoms with Crippen LogP contribution in [0.4, 0.5) is 0 Å². The van der Waals surface area contributed by atoms with Crippen LogP contribution in [0.5, 0.6) is 0 Å². The third-order valence-corrected chi connectivity index (χ3v) is 8.17. The fourth-order valence-electron chi connectivity index (χ4n) is 6.54. The van der Waals surface area contributed by atoms with Crippen LogP contribution in [0.3, 0.4) is 0 Å². The predicted molar refractivity (Wildman–Crippen MR) is 160 cm³/mol. The zero-order valence-electron chi connectivity index (χ0n) is 20.5. The number of para-hydroxylation sites is 2. The van der Waals surface area contributed by atoms with Gasteiger partial charge in [0.2, 0.25) is 0 Å². The van der Waals surface area contributed by atoms with Gasteiger partial charge in [-0.15, -0.1) is 0 Å². The van der Waals surface area contributed by atoms with Crippen molar-refractivity contribution in [3.05, 3.63) is 127 Å². The summed E-state index contributed by atoms with van der Waals surface area (Å²) in [6.45, 7) is 0. The van der Waals surface area contributed by atoms with E-state index >= 15 is 0 Å². The highest BCUT2D eigenvalue weighted by atomic mass is 16.3. The zero-order chi connectivity index (χ0) is 24.8. The average molecular weight is 484 g/mol. The van der Waals surface area contributed by atoms with E-state index in [4.69, 9.17) is 4.42 Å². The number of hydrogen-bond donors (Lipinski definition) is 0. The lowest BCUT2D eigenvalue weighted by Gasteiger charge is -2.11. The van der Waals surface area contributed by atoms with E-state index in [1.54, 1.807) is 0 Å². The lowest BCUT2D eigenvalue weighted by Crippen LogP contribution is -1.93. The molecule has 0 saturated heterocycles. The smallest absolute Gasteiger partial charge is 0.143 e. The maximum atomic E-state index is 6.58. The number of nitrogens with zero attached hydrogens (tertiary/aromatic N) is 1. The Morgan fingerprint density at radius 3 is 1.68 bits per heavy atom. The van der Waals surface area contributed by atoms with E-state index in [-0.39, 0.29) is 0 Å². The lowest BCUT2D eigenvalue weighted by atomic mass is 9.92. The Labute approximate surface area is 218 Å². The maximum absolute atomic E-state index is 6.58. The summed E-state index contributed by atoms with van der Waals surface area (Å²) >= 11 is 0. The number of aromatic nitrogens is 1. The van der Waals surface area contributed by atoms with Crippen molar-refractivity contribution >= 4 is 65.3 Å². The molecule has 2 heteroatoms. The van der Waals surface area contributed by atoms with E-state index in [0.29, 0.717) is 0 Å². The van der Waals surface area contributed by atoms with Gasteiger partial charge in [0, 0.05) is 32.8 Å². The molecule has 0 saturated carbocycles. The van der Waals surface area contributed by atoms with Gasteiger partial charge in [0.25, 0.3) is 0 Å². The second-order valence-corrected chi connectivity index (χ2v) is 10.1. The molecule has 38 heavy (non-hydrogen) atoms. The van der Waals surface area contributed by atoms with E-state index < -0.39 is 0 Å². The van der Waals surface area contributed by atoms with Crippen LogP contribution in [0.25, 0.3) is 82.1 Å². The van der Waals surface area contributed by atoms with Crippen molar-refractivity contribution in [2.75, 3.05) is 0 Å². The highest BCUT2D eigenvalue weighted by Gasteiger charge is 2.20. The van der Waals surface area contributed by atoms with E-state index in [1.165, 1.54) is 54.1 Å². The van der Waals surface area contributed by atoms with Crippen molar-refractivity contribution in [1.29, 1.82) is 0 Å². The molecule has 0 fully saturated rings. The molecule has 0 radical (unpaired) electrons. The number of fused-ring (bicyclic) bond motifs is 6. The van der Waals surface area contributed by atoms with Crippen molar-refractivity contribution in [2.45, 2.75) is 0 Å². The first-order valence-electron chi connectivity index (χ1n) is 13.0. The summed E-state index contributed by atoms with van der Waals surface area (Å²) in [6, 6.07) is 45.7. The largest absolute Gasteiger partial charge is 0.455 e. The molecule has 9 aromatic rings. The van der Waals surface area contributed by atoms with Crippen LogP contribution < -0.4 is 0 Å². The first-order chi connectivity index (χ1) is 18.9. The third-order valence-electron chi connectivity index (χ3n) is 8.17. The molecule has 0 spiro atoms. The molecule has 0 aliphatic heterocycles. The molecule has 2 aromatic heterocycles. The normalized spacial score (nSPS) is 12.2. The fraction of sp³-hybridized carbons (Fsp3) is 0. The van der Waals surface area contributed by atoms with Gasteiger partial charge in [-0.05, 0) is 63.5 Å². The molecule has 7 aromatic carbocycles. The Morgan fingerprint density at radius 1 is 0.421 bits per heavy atom. The van der Waals surface area contributed by atoms with Crippen LogP contribution in [0, 0.1) is 0 Å². The summed E-state index contributed by atoms with van der Waals surface area (Å²) < 4.78 is 8.94. The molecule has 9 rings (SSSR count). The van der Waals surface area contributed by atoms with Crippen LogP contribution in [0.1, 0.15) is 0 Å². The fourth-order valence-corrected chi connectivity index (χ4v) is 6.54. The summed E-state index contributed by atoms with van der Waals surface area (Å²) in [5.74, 6) is 0. The Bertz CT molecular complexity index is 2280. The highest BCUT2D eigenvalue weighted by Crippen LogP contribution is 2.45. The molecule has 0 N–H and O–H groups in total. The standard InChI is InChI=1S/C36H21NO/c1-2-9-26-25(8-1)29-12-7-15-33-34(29)35-30(26)21-20-24(36(35)38-33)22-16-18-23(19-17-22)37-31-13-5-3-10-27(31)28-11-4-6-14-32(28)37/h1-21H. The summed E-state index contributed by atoms with van der Waals surface area (Å²) in [7, 11) is 0. The first kappa shape index (κ1) is 20.0. The van der Waals surface area contributed by atoms with Crippen LogP contribution in [0.15, 0.2) is 132 Å². The molecule has 0 aliphatic rings. The molecule has 0 bridgehead atoms. The van der Waals surface area contributed by atoms with E-state index in [9.17, 15) is 0 Å². The minimum absolute atomic E-state index is 0.947. The Morgan fingerprint density at radius 2 is 1.00 bits per heavy atom. The van der Waals surface area contributed by atoms with E-state index in [0.717, 1.165) is 28.0 Å². The van der Waals surface area contributed by atoms with E-state index in [2.05, 4.69) is 132 Å². The highest BCUT2D eigenvalue weighted by molar-refractivity contribution is 6.34. The SMILES string of the molecule is c1ccc2c(c1)c1cccc3oc4c(-c5ccc(-n6c7ccccc7c7ccccc76)cc5)ccc2c4c31. The Hall–Kier alpha value is -5.08. The van der Waals surface area contributed by atoms with Gasteiger partial charge in [-0.3, -0.25) is 0 Å². The summed E-state index contributed by atoms with van der Waals surface area (Å²) in [5, 5.41) is 10.0. The lowest BCUT2D eigenvalue weighted by molar-refractivity contribution is 0.670. The third kappa shape index (κ3) is 2.51. The molecular weight excluding hydrogens is 462 g/mol. The Balaban J connectivity index is 1.28. The average Bonchev–Trinajstić information content (AvgIpc) is 3.54. The molecule has 2 nitrogen and oxygen atoms in total. The quantitative estimate of drug-likeness (QED) is 0.224. The monoisotopic (exact) mass is 483 g/mol. The zero-order valence-corrected chi connectivity index (χ0v) is 20.5. The van der Waals surface area contributed by atoms with Gasteiger partial charge in [-0.25, -0.2) is 0 Å². The molecule has 0 atom stereocenters. The van der Waals surface area contributed by atoms with Crippen molar-refractivity contribution in [3.63, 3.8) is 0 Å². The Kier molecular flexibility index (Phi) is 3.82. The second kappa shape index (κ2) is 7.24. The number of furan rings is 1. The van der Waals surface area contributed by atoms with Gasteiger partial charge in [-0.2, -0.15) is 0 Å². The van der Waals surface area contributed by atoms with Crippen molar-refractivity contribution in [2.24, 2.45) is 0 Å². The molecular formula is C36H21NO. The van der Waals surface area contributed by atoms with Gasteiger partial charge < -0.3 is 8.98 Å². The van der Waals surface area contributed by atoms with Crippen molar-refractivity contribution < 1.29 is 4.42 Å². The topological polar surface area (TPSA) is 18.1 Å². The van der Waals surface area contributed by atoms with Gasteiger partial charge in [0.05, 0.1) is 11.0 Å². The first-order valence-corrected chi connectivity index (χ1v) is 13.0. The van der Waals surface area contributed by atoms with Gasteiger partial charge in [0.1, 0.15) is 11.2 Å². The second-order valence-electron chi connectivity index (χ2n) is 10.1. The maximum Gasteiger partial charge on any atom is 0.143 e. The minimum Gasteiger partial charge on any atom is -0.455 e. The van der Waals surface area contributed by atoms with Crippen LogP contribution >= 0.6 is 0 Å². The van der Waals surface area contributed by atoms with Crippen LogP contribution in [-0.4, -0.2) is 4.57 Å². The molecule has 176 valence electrons. The molecule has 2 heterocycles. The molecule has 0 amide bonds. The number of rotatable bonds is 2. The van der Waals surface area contributed by atoms with Crippen LogP contribution in [0.2, 0.25) is 0 Å². The van der Waals surface area contributed by atoms with Gasteiger partial charge in [-0.1, -0.05) is 91.0 Å². The van der Waals surface area contributed by atoms with Crippen molar-refractivity contribution in [1.82, 2.24) is 4.57 Å². The van der Waals surface area contributed by atoms with Crippen LogP contribution in [-0.2, 0) is 0 Å². The van der Waals surface area contributed by atoms with Crippen molar-refractivity contribution in [3.8, 4) is 16.8 Å². The van der Waals surface area contributed by atoms with E-state index in [1.807, 2.05) is 0 Å². The summed E-state index contributed by atoms with van der Waals surface area (Å²) in [5.41, 5.74) is 7.78. The molecule has 0 aliphatic carbocycles. The predicted octanol–water partition coefficient (Wildman–Crippen LogP) is 10.1. The summed E-state index contributed by atoms with van der Waals surface area (Å²) in [6.07, 6.45) is 0. The van der Waals surface area contributed by atoms with Gasteiger partial charge >= 0.3 is 0 Å². The summed E-state index contributed by atoms with van der Waals surface area (Å²) in [4.78, 5) is 0. The minimum atomic E-state index is 0.947.